The van der Waals surface area contributed by atoms with Crippen molar-refractivity contribution in [3.8, 4) is 0 Å². The molecule has 0 aliphatic rings. The van der Waals surface area contributed by atoms with Gasteiger partial charge in [-0.25, -0.2) is 12.8 Å². The second-order valence-electron chi connectivity index (χ2n) is 6.44. The van der Waals surface area contributed by atoms with E-state index >= 15 is 0 Å². The van der Waals surface area contributed by atoms with Gasteiger partial charge in [-0.05, 0) is 41.3 Å². The summed E-state index contributed by atoms with van der Waals surface area (Å²) in [6, 6.07) is 9.77. The van der Waals surface area contributed by atoms with Crippen LogP contribution >= 0.6 is 0 Å². The highest BCUT2D eigenvalue weighted by atomic mass is 32.2. The van der Waals surface area contributed by atoms with Crippen LogP contribution in [0.4, 0.5) is 10.1 Å². The zero-order valence-corrected chi connectivity index (χ0v) is 14.4. The van der Waals surface area contributed by atoms with Gasteiger partial charge in [0.25, 0.3) is 15.9 Å². The molecule has 0 heterocycles. The van der Waals surface area contributed by atoms with Gasteiger partial charge in [0, 0.05) is 5.69 Å². The first kappa shape index (κ1) is 17.9. The zero-order valence-electron chi connectivity index (χ0n) is 13.6. The summed E-state index contributed by atoms with van der Waals surface area (Å²) >= 11 is 0. The Hall–Kier alpha value is -2.41. The van der Waals surface area contributed by atoms with Crippen LogP contribution < -0.4 is 10.5 Å². The standard InChI is InChI=1S/C17H19FN2O3S/c1-17(2,3)11-4-7-13(8-5-11)24(22,23)20-12-6-9-15(18)14(10-12)16(19)21/h4-10,20H,1-3H3,(H2,19,21). The third kappa shape index (κ3) is 3.91. The number of carbonyl (C=O) groups excluding carboxylic acids is 1. The maximum absolute atomic E-state index is 13.5. The van der Waals surface area contributed by atoms with E-state index in [1.807, 2.05) is 20.8 Å². The number of primary amides is 1. The van der Waals surface area contributed by atoms with E-state index in [-0.39, 0.29) is 21.6 Å². The highest BCUT2D eigenvalue weighted by Gasteiger charge is 2.18. The van der Waals surface area contributed by atoms with E-state index < -0.39 is 21.7 Å². The van der Waals surface area contributed by atoms with E-state index in [0.717, 1.165) is 17.7 Å². The van der Waals surface area contributed by atoms with Gasteiger partial charge in [0.15, 0.2) is 0 Å². The minimum absolute atomic E-state index is 0.0603. The summed E-state index contributed by atoms with van der Waals surface area (Å²) in [5.74, 6) is -1.77. The fourth-order valence-corrected chi connectivity index (χ4v) is 3.18. The van der Waals surface area contributed by atoms with Crippen LogP contribution in [0, 0.1) is 5.82 Å². The summed E-state index contributed by atoms with van der Waals surface area (Å²) in [5, 5.41) is 0. The van der Waals surface area contributed by atoms with Crippen molar-refractivity contribution >= 4 is 21.6 Å². The Morgan fingerprint density at radius 3 is 2.17 bits per heavy atom. The fourth-order valence-electron chi connectivity index (χ4n) is 2.13. The molecule has 5 nitrogen and oxygen atoms in total. The van der Waals surface area contributed by atoms with Gasteiger partial charge < -0.3 is 5.73 Å². The number of hydrogen-bond acceptors (Lipinski definition) is 3. The van der Waals surface area contributed by atoms with Crippen molar-refractivity contribution in [2.24, 2.45) is 5.73 Å². The molecule has 0 saturated carbocycles. The van der Waals surface area contributed by atoms with Gasteiger partial charge in [0.1, 0.15) is 5.82 Å². The number of anilines is 1. The van der Waals surface area contributed by atoms with Crippen LogP contribution in [0.3, 0.4) is 0 Å². The second kappa shape index (κ2) is 6.24. The number of halogens is 1. The lowest BCUT2D eigenvalue weighted by atomic mass is 9.87. The average molecular weight is 350 g/mol. The summed E-state index contributed by atoms with van der Waals surface area (Å²) in [7, 11) is -3.86. The van der Waals surface area contributed by atoms with Crippen LogP contribution in [0.5, 0.6) is 0 Å². The lowest BCUT2D eigenvalue weighted by molar-refractivity contribution is 0.0996. The van der Waals surface area contributed by atoms with Gasteiger partial charge in [-0.3, -0.25) is 9.52 Å². The molecule has 24 heavy (non-hydrogen) atoms. The summed E-state index contributed by atoms with van der Waals surface area (Å²) in [4.78, 5) is 11.2. The van der Waals surface area contributed by atoms with E-state index in [2.05, 4.69) is 4.72 Å². The van der Waals surface area contributed by atoms with Crippen LogP contribution in [-0.4, -0.2) is 14.3 Å². The third-order valence-corrected chi connectivity index (χ3v) is 4.91. The monoisotopic (exact) mass is 350 g/mol. The molecule has 0 aliphatic carbocycles. The van der Waals surface area contributed by atoms with Crippen LogP contribution in [0.15, 0.2) is 47.4 Å². The summed E-state index contributed by atoms with van der Waals surface area (Å²) in [5.41, 5.74) is 5.65. The third-order valence-electron chi connectivity index (χ3n) is 3.51. The molecule has 1 amide bonds. The SMILES string of the molecule is CC(C)(C)c1ccc(S(=O)(=O)Nc2ccc(F)c(C(N)=O)c2)cc1. The molecule has 2 aromatic carbocycles. The zero-order chi connectivity index (χ0) is 18.1. The molecule has 0 atom stereocenters. The van der Waals surface area contributed by atoms with Crippen molar-refractivity contribution in [1.82, 2.24) is 0 Å². The molecular weight excluding hydrogens is 331 g/mol. The van der Waals surface area contributed by atoms with Crippen molar-refractivity contribution in [3.05, 3.63) is 59.4 Å². The molecule has 2 aromatic rings. The highest BCUT2D eigenvalue weighted by molar-refractivity contribution is 7.92. The predicted octanol–water partition coefficient (Wildman–Crippen LogP) is 3.02. The first-order valence-corrected chi connectivity index (χ1v) is 8.72. The highest BCUT2D eigenvalue weighted by Crippen LogP contribution is 2.24. The Labute approximate surface area is 140 Å². The lowest BCUT2D eigenvalue weighted by Crippen LogP contribution is -2.17. The number of benzene rings is 2. The lowest BCUT2D eigenvalue weighted by Gasteiger charge is -2.19. The van der Waals surface area contributed by atoms with Crippen LogP contribution in [-0.2, 0) is 15.4 Å². The van der Waals surface area contributed by atoms with Crippen molar-refractivity contribution in [2.75, 3.05) is 4.72 Å². The Morgan fingerprint density at radius 1 is 1.08 bits per heavy atom. The van der Waals surface area contributed by atoms with Gasteiger partial charge in [-0.2, -0.15) is 0 Å². The van der Waals surface area contributed by atoms with Gasteiger partial charge in [0.05, 0.1) is 10.5 Å². The molecule has 0 fully saturated rings. The number of nitrogens with one attached hydrogen (secondary N) is 1. The molecule has 0 saturated heterocycles. The Balaban J connectivity index is 2.32. The Bertz CT molecular complexity index is 870. The number of rotatable bonds is 4. The number of sulfonamides is 1. The van der Waals surface area contributed by atoms with Gasteiger partial charge in [-0.15, -0.1) is 0 Å². The predicted molar refractivity (Wildman–Crippen MR) is 90.9 cm³/mol. The molecule has 128 valence electrons. The summed E-state index contributed by atoms with van der Waals surface area (Å²) in [6.45, 7) is 6.08. The molecule has 0 radical (unpaired) electrons. The smallest absolute Gasteiger partial charge is 0.261 e. The van der Waals surface area contributed by atoms with Gasteiger partial charge in [-0.1, -0.05) is 32.9 Å². The minimum Gasteiger partial charge on any atom is -0.366 e. The second-order valence-corrected chi connectivity index (χ2v) is 8.12. The number of hydrogen-bond donors (Lipinski definition) is 2. The quantitative estimate of drug-likeness (QED) is 0.888. The topological polar surface area (TPSA) is 89.3 Å². The largest absolute Gasteiger partial charge is 0.366 e. The number of carbonyl (C=O) groups is 1. The van der Waals surface area contributed by atoms with Crippen LogP contribution in [0.25, 0.3) is 0 Å². The molecule has 0 spiro atoms. The van der Waals surface area contributed by atoms with Crippen molar-refractivity contribution < 1.29 is 17.6 Å². The fraction of sp³-hybridized carbons (Fsp3) is 0.235. The average Bonchev–Trinajstić information content (AvgIpc) is 2.48. The Kier molecular flexibility index (Phi) is 4.66. The molecule has 0 aliphatic heterocycles. The van der Waals surface area contributed by atoms with Crippen molar-refractivity contribution in [3.63, 3.8) is 0 Å². The van der Waals surface area contributed by atoms with Gasteiger partial charge in [0.2, 0.25) is 0 Å². The maximum Gasteiger partial charge on any atom is 0.261 e. The molecule has 0 bridgehead atoms. The van der Waals surface area contributed by atoms with Crippen molar-refractivity contribution in [2.45, 2.75) is 31.1 Å². The maximum atomic E-state index is 13.5. The summed E-state index contributed by atoms with van der Waals surface area (Å²) in [6.07, 6.45) is 0. The van der Waals surface area contributed by atoms with Crippen LogP contribution in [0.1, 0.15) is 36.7 Å². The minimum atomic E-state index is -3.86. The molecule has 3 N–H and O–H groups in total. The van der Waals surface area contributed by atoms with Crippen LogP contribution in [0.2, 0.25) is 0 Å². The molecule has 7 heteroatoms. The van der Waals surface area contributed by atoms with E-state index in [1.165, 1.54) is 18.2 Å². The molecule has 2 rings (SSSR count). The normalized spacial score (nSPS) is 12.0. The molecule has 0 aromatic heterocycles. The number of amides is 1. The first-order valence-electron chi connectivity index (χ1n) is 7.23. The van der Waals surface area contributed by atoms with E-state index in [0.29, 0.717) is 0 Å². The van der Waals surface area contributed by atoms with E-state index in [4.69, 9.17) is 5.73 Å². The van der Waals surface area contributed by atoms with E-state index in [9.17, 15) is 17.6 Å². The van der Waals surface area contributed by atoms with Gasteiger partial charge >= 0.3 is 0 Å². The first-order chi connectivity index (χ1) is 11.0. The van der Waals surface area contributed by atoms with Crippen molar-refractivity contribution in [1.29, 1.82) is 0 Å². The van der Waals surface area contributed by atoms with E-state index in [1.54, 1.807) is 12.1 Å². The molecular formula is C17H19FN2O3S. The number of nitrogens with two attached hydrogens (primary N) is 1. The Morgan fingerprint density at radius 2 is 1.67 bits per heavy atom. The molecule has 0 unspecified atom stereocenters. The summed E-state index contributed by atoms with van der Waals surface area (Å²) < 4.78 is 40.6.